The molecule has 15 heavy (non-hydrogen) atoms. The van der Waals surface area contributed by atoms with Crippen molar-refractivity contribution in [2.45, 2.75) is 0 Å². The summed E-state index contributed by atoms with van der Waals surface area (Å²) in [4.78, 5) is 0. The number of furan rings is 1. The van der Waals surface area contributed by atoms with Gasteiger partial charge in [-0.3, -0.25) is 0 Å². The first kappa shape index (κ1) is 9.05. The van der Waals surface area contributed by atoms with Crippen LogP contribution >= 0.6 is 0 Å². The van der Waals surface area contributed by atoms with E-state index in [1.54, 1.807) is 18.4 Å². The number of allylic oxidation sites excluding steroid dienone is 1. The highest BCUT2D eigenvalue weighted by Crippen LogP contribution is 2.18. The summed E-state index contributed by atoms with van der Waals surface area (Å²) in [6.07, 6.45) is 3.15. The molecular weight excluding hydrogens is 188 g/mol. The second-order valence-corrected chi connectivity index (χ2v) is 3.00. The van der Waals surface area contributed by atoms with Crippen LogP contribution in [0.5, 0.6) is 0 Å². The average molecular weight is 194 g/mol. The third-order valence-electron chi connectivity index (χ3n) is 2.03. The maximum absolute atomic E-state index is 8.60. The predicted molar refractivity (Wildman–Crippen MR) is 55.4 cm³/mol. The smallest absolute Gasteiger partial charge is 0.133 e. The van der Waals surface area contributed by atoms with E-state index in [-0.39, 0.29) is 5.57 Å². The van der Waals surface area contributed by atoms with Gasteiger partial charge in [0.25, 0.3) is 0 Å². The number of hydrogen-bond donors (Lipinski definition) is 0. The van der Waals surface area contributed by atoms with Crippen LogP contribution in [0.2, 0.25) is 0 Å². The molecule has 70 valence electrons. The third-order valence-corrected chi connectivity index (χ3v) is 2.03. The summed E-state index contributed by atoms with van der Waals surface area (Å²) in [5.74, 6) is 0. The largest absolute Gasteiger partial charge is 0.464 e. The predicted octanol–water partition coefficient (Wildman–Crippen LogP) is 2.86. The standard InChI is InChI=1S/C12H6N2O/c13-7-10(8-14)5-9-1-2-12-11(6-9)3-4-15-12/h1-6H. The molecule has 0 radical (unpaired) electrons. The van der Waals surface area contributed by atoms with Crippen LogP contribution in [0, 0.1) is 22.7 Å². The average Bonchev–Trinajstić information content (AvgIpc) is 2.73. The molecule has 3 heteroatoms. The molecule has 0 bridgehead atoms. The Bertz CT molecular complexity index is 592. The van der Waals surface area contributed by atoms with Crippen LogP contribution < -0.4 is 0 Å². The zero-order valence-electron chi connectivity index (χ0n) is 7.77. The van der Waals surface area contributed by atoms with Crippen molar-refractivity contribution in [3.8, 4) is 12.1 Å². The summed E-state index contributed by atoms with van der Waals surface area (Å²) < 4.78 is 5.18. The minimum atomic E-state index is 0.0952. The highest BCUT2D eigenvalue weighted by atomic mass is 16.3. The van der Waals surface area contributed by atoms with E-state index in [1.165, 1.54) is 0 Å². The highest BCUT2D eigenvalue weighted by molar-refractivity contribution is 5.80. The first-order valence-electron chi connectivity index (χ1n) is 4.32. The van der Waals surface area contributed by atoms with Gasteiger partial charge in [0.05, 0.1) is 6.26 Å². The number of rotatable bonds is 1. The van der Waals surface area contributed by atoms with E-state index in [9.17, 15) is 0 Å². The zero-order valence-corrected chi connectivity index (χ0v) is 7.77. The molecule has 0 fully saturated rings. The van der Waals surface area contributed by atoms with Crippen LogP contribution in [-0.2, 0) is 0 Å². The minimum absolute atomic E-state index is 0.0952. The van der Waals surface area contributed by atoms with Crippen LogP contribution in [0.4, 0.5) is 0 Å². The number of nitrogens with zero attached hydrogens (tertiary/aromatic N) is 2. The van der Waals surface area contributed by atoms with Crippen molar-refractivity contribution in [2.75, 3.05) is 0 Å². The van der Waals surface area contributed by atoms with Crippen LogP contribution in [0.1, 0.15) is 5.56 Å². The molecule has 0 saturated heterocycles. The summed E-state index contributed by atoms with van der Waals surface area (Å²) in [6, 6.07) is 11.0. The summed E-state index contributed by atoms with van der Waals surface area (Å²) in [5.41, 5.74) is 1.71. The Labute approximate surface area is 86.5 Å². The molecule has 1 aromatic heterocycles. The molecule has 3 nitrogen and oxygen atoms in total. The van der Waals surface area contributed by atoms with Gasteiger partial charge in [-0.25, -0.2) is 0 Å². The molecule has 2 aromatic rings. The Balaban J connectivity index is 2.51. The topological polar surface area (TPSA) is 60.7 Å². The van der Waals surface area contributed by atoms with E-state index in [2.05, 4.69) is 0 Å². The maximum Gasteiger partial charge on any atom is 0.133 e. The molecule has 0 N–H and O–H groups in total. The van der Waals surface area contributed by atoms with E-state index in [1.807, 2.05) is 30.3 Å². The van der Waals surface area contributed by atoms with Gasteiger partial charge in [0.15, 0.2) is 0 Å². The Morgan fingerprint density at radius 3 is 2.73 bits per heavy atom. The molecule has 0 unspecified atom stereocenters. The lowest BCUT2D eigenvalue weighted by molar-refractivity contribution is 0.616. The van der Waals surface area contributed by atoms with Gasteiger partial charge >= 0.3 is 0 Å². The molecular formula is C12H6N2O. The van der Waals surface area contributed by atoms with Crippen molar-refractivity contribution in [2.24, 2.45) is 0 Å². The fourth-order valence-electron chi connectivity index (χ4n) is 1.33. The molecule has 0 aliphatic carbocycles. The fourth-order valence-corrected chi connectivity index (χ4v) is 1.33. The molecule has 0 aliphatic heterocycles. The molecule has 0 saturated carbocycles. The Morgan fingerprint density at radius 1 is 1.20 bits per heavy atom. The summed E-state index contributed by atoms with van der Waals surface area (Å²) in [6.45, 7) is 0. The van der Waals surface area contributed by atoms with Crippen molar-refractivity contribution in [1.29, 1.82) is 10.5 Å². The third kappa shape index (κ3) is 1.72. The minimum Gasteiger partial charge on any atom is -0.464 e. The van der Waals surface area contributed by atoms with Gasteiger partial charge in [0, 0.05) is 5.39 Å². The summed E-state index contributed by atoms with van der Waals surface area (Å²) in [7, 11) is 0. The lowest BCUT2D eigenvalue weighted by atomic mass is 10.1. The Morgan fingerprint density at radius 2 is 2.00 bits per heavy atom. The van der Waals surface area contributed by atoms with Gasteiger partial charge in [-0.05, 0) is 29.8 Å². The molecule has 0 atom stereocenters. The van der Waals surface area contributed by atoms with E-state index in [0.29, 0.717) is 0 Å². The first-order chi connectivity index (χ1) is 7.33. The second-order valence-electron chi connectivity index (χ2n) is 3.00. The van der Waals surface area contributed by atoms with Crippen molar-refractivity contribution < 1.29 is 4.42 Å². The van der Waals surface area contributed by atoms with Gasteiger partial charge in [-0.1, -0.05) is 6.07 Å². The maximum atomic E-state index is 8.60. The van der Waals surface area contributed by atoms with Crippen LogP contribution in [-0.4, -0.2) is 0 Å². The van der Waals surface area contributed by atoms with E-state index in [4.69, 9.17) is 14.9 Å². The molecule has 2 rings (SSSR count). The first-order valence-corrected chi connectivity index (χ1v) is 4.32. The van der Waals surface area contributed by atoms with E-state index < -0.39 is 0 Å². The van der Waals surface area contributed by atoms with Crippen molar-refractivity contribution >= 4 is 17.0 Å². The van der Waals surface area contributed by atoms with Gasteiger partial charge in [-0.2, -0.15) is 10.5 Å². The lowest BCUT2D eigenvalue weighted by Crippen LogP contribution is -1.75. The van der Waals surface area contributed by atoms with Gasteiger partial charge < -0.3 is 4.42 Å². The van der Waals surface area contributed by atoms with Crippen molar-refractivity contribution in [3.63, 3.8) is 0 Å². The number of benzene rings is 1. The normalized spacial score (nSPS) is 9.20. The molecule has 0 aliphatic rings. The number of hydrogen-bond acceptors (Lipinski definition) is 3. The monoisotopic (exact) mass is 194 g/mol. The zero-order chi connectivity index (χ0) is 10.7. The molecule has 1 aromatic carbocycles. The fraction of sp³-hybridized carbons (Fsp3) is 0. The summed E-state index contributed by atoms with van der Waals surface area (Å²) in [5, 5.41) is 18.2. The van der Waals surface area contributed by atoms with Crippen LogP contribution in [0.15, 0.2) is 40.5 Å². The van der Waals surface area contributed by atoms with Crippen molar-refractivity contribution in [3.05, 3.63) is 41.7 Å². The number of fused-ring (bicyclic) bond motifs is 1. The molecule has 0 amide bonds. The van der Waals surface area contributed by atoms with Crippen molar-refractivity contribution in [1.82, 2.24) is 0 Å². The quantitative estimate of drug-likeness (QED) is 0.655. The number of nitriles is 2. The van der Waals surface area contributed by atoms with Gasteiger partial charge in [0.1, 0.15) is 23.3 Å². The van der Waals surface area contributed by atoms with Gasteiger partial charge in [0.2, 0.25) is 0 Å². The SMILES string of the molecule is N#CC(C#N)=Cc1ccc2occc2c1. The Hall–Kier alpha value is -2.52. The van der Waals surface area contributed by atoms with E-state index >= 15 is 0 Å². The summed E-state index contributed by atoms with van der Waals surface area (Å²) >= 11 is 0. The Kier molecular flexibility index (Phi) is 2.23. The second kappa shape index (κ2) is 3.69. The highest BCUT2D eigenvalue weighted by Gasteiger charge is 1.98. The molecule has 1 heterocycles. The van der Waals surface area contributed by atoms with Crippen LogP contribution in [0.3, 0.4) is 0 Å². The van der Waals surface area contributed by atoms with E-state index in [0.717, 1.165) is 16.5 Å². The van der Waals surface area contributed by atoms with Crippen LogP contribution in [0.25, 0.3) is 17.0 Å². The lowest BCUT2D eigenvalue weighted by Gasteiger charge is -1.92. The van der Waals surface area contributed by atoms with Gasteiger partial charge in [-0.15, -0.1) is 0 Å². The molecule has 0 spiro atoms.